The highest BCUT2D eigenvalue weighted by Gasteiger charge is 2.25. The molecule has 1 fully saturated rings. The van der Waals surface area contributed by atoms with E-state index in [0.717, 1.165) is 29.5 Å². The topological polar surface area (TPSA) is 54.5 Å². The molecule has 2 heterocycles. The third-order valence-corrected chi connectivity index (χ3v) is 5.60. The van der Waals surface area contributed by atoms with Crippen LogP contribution < -0.4 is 5.32 Å². The highest BCUT2D eigenvalue weighted by atomic mass is 32.2. The summed E-state index contributed by atoms with van der Waals surface area (Å²) < 4.78 is 5.75. The molecule has 2 rings (SSSR count). The van der Waals surface area contributed by atoms with Gasteiger partial charge in [0.25, 0.3) is 0 Å². The van der Waals surface area contributed by atoms with Crippen LogP contribution in [0.4, 0.5) is 0 Å². The van der Waals surface area contributed by atoms with E-state index in [9.17, 15) is 4.79 Å². The van der Waals surface area contributed by atoms with Crippen molar-refractivity contribution in [3.8, 4) is 0 Å². The molecule has 1 amide bonds. The zero-order chi connectivity index (χ0) is 16.8. The summed E-state index contributed by atoms with van der Waals surface area (Å²) in [4.78, 5) is 18.8. The number of aryl methyl sites for hydroxylation is 1. The summed E-state index contributed by atoms with van der Waals surface area (Å²) in [6.07, 6.45) is 0.517. The smallest absolute Gasteiger partial charge is 0.230 e. The van der Waals surface area contributed by atoms with Crippen LogP contribution in [0.25, 0.3) is 0 Å². The molecule has 0 saturated carbocycles. The number of hydrogen-bond acceptors (Lipinski definition) is 6. The monoisotopic (exact) mass is 357 g/mol. The van der Waals surface area contributed by atoms with E-state index in [0.29, 0.717) is 18.3 Å². The summed E-state index contributed by atoms with van der Waals surface area (Å²) in [6, 6.07) is 0.332. The first kappa shape index (κ1) is 18.7. The molecule has 1 N–H and O–H groups in total. The average molecular weight is 358 g/mol. The number of hydrogen-bond donors (Lipinski definition) is 1. The molecular formula is C16H27N3O2S2. The number of nitrogens with zero attached hydrogens (tertiary/aromatic N) is 2. The van der Waals surface area contributed by atoms with Gasteiger partial charge in [-0.3, -0.25) is 9.69 Å². The van der Waals surface area contributed by atoms with Crippen LogP contribution in [-0.4, -0.2) is 59.4 Å². The predicted octanol–water partition coefficient (Wildman–Crippen LogP) is 2.30. The number of ether oxygens (including phenoxy) is 1. The van der Waals surface area contributed by atoms with Crippen LogP contribution in [0.15, 0.2) is 5.38 Å². The third kappa shape index (κ3) is 6.41. The number of carbonyl (C=O) groups is 1. The second kappa shape index (κ2) is 9.01. The fourth-order valence-corrected chi connectivity index (χ4v) is 4.21. The van der Waals surface area contributed by atoms with Gasteiger partial charge in [-0.25, -0.2) is 4.98 Å². The molecule has 0 aliphatic carbocycles. The van der Waals surface area contributed by atoms with E-state index >= 15 is 0 Å². The Kier molecular flexibility index (Phi) is 7.33. The number of amides is 1. The van der Waals surface area contributed by atoms with Gasteiger partial charge in [0.05, 0.1) is 28.7 Å². The summed E-state index contributed by atoms with van der Waals surface area (Å²) in [5.41, 5.74) is 1.06. The first-order valence-electron chi connectivity index (χ1n) is 8.09. The normalized spacial score (nSPS) is 23.7. The Labute approximate surface area is 147 Å². The van der Waals surface area contributed by atoms with Gasteiger partial charge in [0.1, 0.15) is 0 Å². The Balaban J connectivity index is 1.63. The minimum Gasteiger partial charge on any atom is -0.373 e. The van der Waals surface area contributed by atoms with Crippen LogP contribution in [0.2, 0.25) is 0 Å². The fraction of sp³-hybridized carbons (Fsp3) is 0.750. The molecule has 0 unspecified atom stereocenters. The number of rotatable bonds is 7. The van der Waals surface area contributed by atoms with Gasteiger partial charge in [-0.2, -0.15) is 0 Å². The Morgan fingerprint density at radius 3 is 2.83 bits per heavy atom. The molecule has 0 radical (unpaired) electrons. The molecule has 23 heavy (non-hydrogen) atoms. The molecule has 0 bridgehead atoms. The minimum absolute atomic E-state index is 0.100. The maximum Gasteiger partial charge on any atom is 0.230 e. The van der Waals surface area contributed by atoms with Crippen LogP contribution in [0.3, 0.4) is 0 Å². The molecule has 0 aromatic carbocycles. The molecule has 130 valence electrons. The van der Waals surface area contributed by atoms with Crippen molar-refractivity contribution < 1.29 is 9.53 Å². The fourth-order valence-electron chi connectivity index (χ4n) is 2.74. The van der Waals surface area contributed by atoms with Crippen LogP contribution in [0.5, 0.6) is 0 Å². The lowest BCUT2D eigenvalue weighted by Gasteiger charge is -2.39. The Morgan fingerprint density at radius 2 is 2.22 bits per heavy atom. The van der Waals surface area contributed by atoms with E-state index in [4.69, 9.17) is 4.74 Å². The van der Waals surface area contributed by atoms with Gasteiger partial charge in [-0.15, -0.1) is 23.1 Å². The molecule has 1 saturated heterocycles. The summed E-state index contributed by atoms with van der Waals surface area (Å²) in [5, 5.41) is 6.18. The number of carbonyl (C=O) groups excluding carboxylic acids is 1. The zero-order valence-corrected chi connectivity index (χ0v) is 16.0. The van der Waals surface area contributed by atoms with Gasteiger partial charge in [0.2, 0.25) is 5.91 Å². The number of thiazole rings is 1. The molecule has 1 aromatic rings. The van der Waals surface area contributed by atoms with Crippen LogP contribution in [-0.2, 0) is 15.3 Å². The summed E-state index contributed by atoms with van der Waals surface area (Å²) in [5.74, 6) is 1.38. The van der Waals surface area contributed by atoms with Crippen LogP contribution in [0, 0.1) is 6.92 Å². The number of thioether (sulfide) groups is 1. The highest BCUT2D eigenvalue weighted by Crippen LogP contribution is 2.15. The maximum atomic E-state index is 12.0. The van der Waals surface area contributed by atoms with Crippen molar-refractivity contribution in [3.63, 3.8) is 0 Å². The molecule has 5 nitrogen and oxygen atoms in total. The SMILES string of the molecule is Cc1nc(CSCC(=O)NC[C@H](C)N2C[C@H](C)O[C@@H](C)C2)cs1. The van der Waals surface area contributed by atoms with Gasteiger partial charge in [0.15, 0.2) is 0 Å². The average Bonchev–Trinajstić information content (AvgIpc) is 2.89. The van der Waals surface area contributed by atoms with Gasteiger partial charge >= 0.3 is 0 Å². The van der Waals surface area contributed by atoms with E-state index in [-0.39, 0.29) is 18.1 Å². The molecule has 1 aromatic heterocycles. The van der Waals surface area contributed by atoms with Crippen molar-refractivity contribution in [1.29, 1.82) is 0 Å². The van der Waals surface area contributed by atoms with Crippen molar-refractivity contribution in [3.05, 3.63) is 16.1 Å². The predicted molar refractivity (Wildman–Crippen MR) is 97.1 cm³/mol. The molecule has 1 aliphatic heterocycles. The summed E-state index contributed by atoms with van der Waals surface area (Å²) in [7, 11) is 0. The van der Waals surface area contributed by atoms with Crippen LogP contribution in [0.1, 0.15) is 31.5 Å². The minimum atomic E-state index is 0.100. The zero-order valence-electron chi connectivity index (χ0n) is 14.4. The third-order valence-electron chi connectivity index (χ3n) is 3.82. The van der Waals surface area contributed by atoms with Crippen molar-refractivity contribution in [2.75, 3.05) is 25.4 Å². The number of morpholine rings is 1. The van der Waals surface area contributed by atoms with Gasteiger partial charge in [-0.1, -0.05) is 0 Å². The Hall–Kier alpha value is -0.630. The van der Waals surface area contributed by atoms with E-state index in [1.807, 2.05) is 6.92 Å². The largest absolute Gasteiger partial charge is 0.373 e. The quantitative estimate of drug-likeness (QED) is 0.811. The Bertz CT molecular complexity index is 499. The lowest BCUT2D eigenvalue weighted by atomic mass is 10.2. The molecule has 7 heteroatoms. The van der Waals surface area contributed by atoms with Crippen molar-refractivity contribution >= 4 is 29.0 Å². The standard InChI is InChI=1S/C16H27N3O2S2/c1-11(19-6-12(2)21-13(3)7-19)5-17-16(20)10-22-8-15-9-23-14(4)18-15/h9,11-13H,5-8,10H2,1-4H3,(H,17,20)/t11-,12-,13-/m0/s1. The highest BCUT2D eigenvalue weighted by molar-refractivity contribution is 7.99. The van der Waals surface area contributed by atoms with Crippen molar-refractivity contribution in [1.82, 2.24) is 15.2 Å². The van der Waals surface area contributed by atoms with E-state index in [1.54, 1.807) is 23.1 Å². The van der Waals surface area contributed by atoms with Gasteiger partial charge < -0.3 is 10.1 Å². The second-order valence-electron chi connectivity index (χ2n) is 6.21. The molecular weight excluding hydrogens is 330 g/mol. The van der Waals surface area contributed by atoms with Gasteiger partial charge in [-0.05, 0) is 27.7 Å². The molecule has 0 spiro atoms. The van der Waals surface area contributed by atoms with Crippen LogP contribution >= 0.6 is 23.1 Å². The number of nitrogens with one attached hydrogen (secondary N) is 1. The van der Waals surface area contributed by atoms with E-state index < -0.39 is 0 Å². The second-order valence-corrected chi connectivity index (χ2v) is 8.26. The molecule has 3 atom stereocenters. The Morgan fingerprint density at radius 1 is 1.52 bits per heavy atom. The van der Waals surface area contributed by atoms with Gasteiger partial charge in [0, 0.05) is 36.8 Å². The van der Waals surface area contributed by atoms with E-state index in [2.05, 4.69) is 41.4 Å². The van der Waals surface area contributed by atoms with E-state index in [1.165, 1.54) is 0 Å². The first-order chi connectivity index (χ1) is 10.9. The van der Waals surface area contributed by atoms with Crippen molar-refractivity contribution in [2.24, 2.45) is 0 Å². The summed E-state index contributed by atoms with van der Waals surface area (Å²) in [6.45, 7) is 10.9. The lowest BCUT2D eigenvalue weighted by molar-refractivity contribution is -0.119. The first-order valence-corrected chi connectivity index (χ1v) is 10.1. The number of aromatic nitrogens is 1. The molecule has 1 aliphatic rings. The summed E-state index contributed by atoms with van der Waals surface area (Å²) >= 11 is 3.27. The lowest BCUT2D eigenvalue weighted by Crippen LogP contribution is -2.52. The maximum absolute atomic E-state index is 12.0. The van der Waals surface area contributed by atoms with Crippen molar-refractivity contribution in [2.45, 2.75) is 51.7 Å².